The highest BCUT2D eigenvalue weighted by Gasteiger charge is 2.24. The maximum atomic E-state index is 12.1. The summed E-state index contributed by atoms with van der Waals surface area (Å²) in [5, 5.41) is 11.8. The van der Waals surface area contributed by atoms with Crippen LogP contribution in [0.2, 0.25) is 0 Å². The maximum Gasteiger partial charge on any atom is 0.243 e. The molecule has 2 atom stereocenters. The normalized spacial score (nSPS) is 20.5. The van der Waals surface area contributed by atoms with Crippen molar-refractivity contribution in [3.05, 3.63) is 47.0 Å². The van der Waals surface area contributed by atoms with Crippen LogP contribution in [0.5, 0.6) is 0 Å². The van der Waals surface area contributed by atoms with Crippen LogP contribution in [-0.4, -0.2) is 64.3 Å². The van der Waals surface area contributed by atoms with Gasteiger partial charge in [-0.15, -0.1) is 0 Å². The fourth-order valence-electron chi connectivity index (χ4n) is 4.26. The molecule has 0 saturated heterocycles. The molecule has 8 nitrogen and oxygen atoms in total. The van der Waals surface area contributed by atoms with Gasteiger partial charge in [0.25, 0.3) is 0 Å². The summed E-state index contributed by atoms with van der Waals surface area (Å²) >= 11 is 0. The Morgan fingerprint density at radius 1 is 1.16 bits per heavy atom. The molecule has 1 aliphatic heterocycles. The Labute approximate surface area is 184 Å². The minimum Gasteiger partial charge on any atom is -0.353 e. The number of amides is 1. The number of fused-ring (bicyclic) bond motifs is 2. The topological polar surface area (TPSA) is 87.4 Å². The molecule has 8 heteroatoms. The average molecular weight is 424 g/mol. The van der Waals surface area contributed by atoms with Crippen molar-refractivity contribution in [1.29, 1.82) is 0 Å². The number of hydrogen-bond acceptors (Lipinski definition) is 4. The van der Waals surface area contributed by atoms with Crippen molar-refractivity contribution in [3.63, 3.8) is 0 Å². The summed E-state index contributed by atoms with van der Waals surface area (Å²) < 4.78 is 2.01. The van der Waals surface area contributed by atoms with Crippen LogP contribution < -0.4 is 10.6 Å². The average Bonchev–Trinajstić information content (AvgIpc) is 3.19. The molecule has 1 amide bonds. The van der Waals surface area contributed by atoms with Crippen molar-refractivity contribution in [1.82, 2.24) is 30.3 Å². The van der Waals surface area contributed by atoms with Gasteiger partial charge in [0.05, 0.1) is 6.54 Å². The fourth-order valence-corrected chi connectivity index (χ4v) is 4.26. The number of guanidine groups is 1. The van der Waals surface area contributed by atoms with Gasteiger partial charge in [-0.25, -0.2) is 14.7 Å². The molecule has 2 N–H and O–H groups in total. The van der Waals surface area contributed by atoms with Crippen molar-refractivity contribution in [2.75, 3.05) is 20.6 Å². The summed E-state index contributed by atoms with van der Waals surface area (Å²) in [5.74, 6) is 2.67. The third-order valence-electron chi connectivity index (χ3n) is 6.12. The van der Waals surface area contributed by atoms with Crippen LogP contribution in [0.4, 0.5) is 0 Å². The molecule has 1 aromatic carbocycles. The van der Waals surface area contributed by atoms with Gasteiger partial charge in [0.1, 0.15) is 12.4 Å². The molecule has 166 valence electrons. The van der Waals surface area contributed by atoms with Crippen molar-refractivity contribution < 1.29 is 4.79 Å². The minimum atomic E-state index is -0.00937. The lowest BCUT2D eigenvalue weighted by molar-refractivity contribution is -0.127. The standard InChI is InChI=1S/C23H33N7O/c1-4-20-27-21-12-11-19(15-30(21)28-20)26-23(24-14-22(31)29(2)3)25-18-10-9-16-7-5-6-8-17(16)13-18/h5-8,18-19H,4,9-15H2,1-3H3,(H2,24,25,26). The van der Waals surface area contributed by atoms with Crippen molar-refractivity contribution in [2.24, 2.45) is 4.99 Å². The van der Waals surface area contributed by atoms with Crippen LogP contribution in [-0.2, 0) is 37.0 Å². The SMILES string of the molecule is CCc1nc2n(n1)CC(NC(=NCC(=O)N(C)C)NC1CCc3ccccc3C1)CC2. The predicted molar refractivity (Wildman–Crippen MR) is 121 cm³/mol. The predicted octanol–water partition coefficient (Wildman–Crippen LogP) is 1.34. The van der Waals surface area contributed by atoms with Gasteiger partial charge in [0, 0.05) is 39.0 Å². The Kier molecular flexibility index (Phi) is 6.53. The van der Waals surface area contributed by atoms with Crippen LogP contribution in [0.1, 0.15) is 42.5 Å². The smallest absolute Gasteiger partial charge is 0.243 e. The molecule has 1 aliphatic carbocycles. The number of aliphatic imine (C=N–C) groups is 1. The summed E-state index contributed by atoms with van der Waals surface area (Å²) in [7, 11) is 3.52. The molecule has 1 aromatic heterocycles. The van der Waals surface area contributed by atoms with Crippen LogP contribution in [0.3, 0.4) is 0 Å². The number of aromatic nitrogens is 3. The van der Waals surface area contributed by atoms with E-state index in [-0.39, 0.29) is 18.5 Å². The molecular formula is C23H33N7O. The molecule has 2 heterocycles. The number of rotatable bonds is 5. The van der Waals surface area contributed by atoms with E-state index in [0.717, 1.165) is 56.7 Å². The molecule has 2 unspecified atom stereocenters. The maximum absolute atomic E-state index is 12.1. The minimum absolute atomic E-state index is 0.00937. The van der Waals surface area contributed by atoms with E-state index < -0.39 is 0 Å². The Balaban J connectivity index is 1.44. The zero-order chi connectivity index (χ0) is 21.8. The summed E-state index contributed by atoms with van der Waals surface area (Å²) in [5.41, 5.74) is 2.83. The van der Waals surface area contributed by atoms with Gasteiger partial charge in [0.2, 0.25) is 5.91 Å². The highest BCUT2D eigenvalue weighted by atomic mass is 16.2. The fraction of sp³-hybridized carbons (Fsp3) is 0.565. The molecule has 4 rings (SSSR count). The van der Waals surface area contributed by atoms with E-state index in [0.29, 0.717) is 12.0 Å². The lowest BCUT2D eigenvalue weighted by Gasteiger charge is -2.30. The first-order valence-electron chi connectivity index (χ1n) is 11.3. The summed E-state index contributed by atoms with van der Waals surface area (Å²) in [6.07, 6.45) is 5.79. The molecule has 0 saturated carbocycles. The van der Waals surface area contributed by atoms with Crippen molar-refractivity contribution in [2.45, 2.75) is 64.1 Å². The van der Waals surface area contributed by atoms with E-state index in [1.54, 1.807) is 19.0 Å². The zero-order valence-corrected chi connectivity index (χ0v) is 18.8. The number of nitrogens with one attached hydrogen (secondary N) is 2. The molecule has 31 heavy (non-hydrogen) atoms. The van der Waals surface area contributed by atoms with Gasteiger partial charge in [-0.3, -0.25) is 4.79 Å². The van der Waals surface area contributed by atoms with Crippen LogP contribution in [0.15, 0.2) is 29.3 Å². The summed E-state index contributed by atoms with van der Waals surface area (Å²) in [4.78, 5) is 22.9. The first-order valence-corrected chi connectivity index (χ1v) is 11.3. The second-order valence-corrected chi connectivity index (χ2v) is 8.67. The number of carbonyl (C=O) groups is 1. The highest BCUT2D eigenvalue weighted by molar-refractivity contribution is 5.85. The Morgan fingerprint density at radius 3 is 2.68 bits per heavy atom. The quantitative estimate of drug-likeness (QED) is 0.560. The first-order chi connectivity index (χ1) is 15.0. The molecule has 0 fully saturated rings. The van der Waals surface area contributed by atoms with Gasteiger partial charge in [-0.2, -0.15) is 5.10 Å². The van der Waals surface area contributed by atoms with Gasteiger partial charge in [-0.1, -0.05) is 31.2 Å². The van der Waals surface area contributed by atoms with E-state index >= 15 is 0 Å². The first kappa shape index (κ1) is 21.3. The van der Waals surface area contributed by atoms with Crippen molar-refractivity contribution >= 4 is 11.9 Å². The Bertz CT molecular complexity index is 949. The monoisotopic (exact) mass is 423 g/mol. The lowest BCUT2D eigenvalue weighted by Crippen LogP contribution is -2.51. The third kappa shape index (κ3) is 5.24. The second-order valence-electron chi connectivity index (χ2n) is 8.67. The number of nitrogens with zero attached hydrogens (tertiary/aromatic N) is 5. The van der Waals surface area contributed by atoms with Gasteiger partial charge < -0.3 is 15.5 Å². The van der Waals surface area contributed by atoms with Gasteiger partial charge in [-0.05, 0) is 36.8 Å². The summed E-state index contributed by atoms with van der Waals surface area (Å²) in [6.45, 7) is 2.97. The molecular weight excluding hydrogens is 390 g/mol. The Hall–Kier alpha value is -2.90. The number of aryl methyl sites for hydroxylation is 3. The van der Waals surface area contributed by atoms with E-state index in [9.17, 15) is 4.79 Å². The molecule has 0 spiro atoms. The zero-order valence-electron chi connectivity index (χ0n) is 18.8. The van der Waals surface area contributed by atoms with E-state index in [1.807, 2.05) is 4.68 Å². The Morgan fingerprint density at radius 2 is 1.90 bits per heavy atom. The van der Waals surface area contributed by atoms with Crippen LogP contribution in [0.25, 0.3) is 0 Å². The molecule has 2 aromatic rings. The number of benzene rings is 1. The van der Waals surface area contributed by atoms with E-state index in [4.69, 9.17) is 0 Å². The number of likely N-dealkylation sites (N-methyl/N-ethyl adjacent to an activating group) is 1. The highest BCUT2D eigenvalue weighted by Crippen LogP contribution is 2.21. The largest absolute Gasteiger partial charge is 0.353 e. The molecule has 0 bridgehead atoms. The summed E-state index contributed by atoms with van der Waals surface area (Å²) in [6, 6.07) is 9.15. The lowest BCUT2D eigenvalue weighted by atomic mass is 9.88. The van der Waals surface area contributed by atoms with E-state index in [1.165, 1.54) is 11.1 Å². The van der Waals surface area contributed by atoms with Gasteiger partial charge in [0.15, 0.2) is 11.8 Å². The van der Waals surface area contributed by atoms with E-state index in [2.05, 4.69) is 56.9 Å². The third-order valence-corrected chi connectivity index (χ3v) is 6.12. The second kappa shape index (κ2) is 9.49. The van der Waals surface area contributed by atoms with Crippen molar-refractivity contribution in [3.8, 4) is 0 Å². The number of hydrogen-bond donors (Lipinski definition) is 2. The van der Waals surface area contributed by atoms with Gasteiger partial charge >= 0.3 is 0 Å². The van der Waals surface area contributed by atoms with Crippen LogP contribution in [0, 0.1) is 0 Å². The molecule has 2 aliphatic rings. The number of carbonyl (C=O) groups excluding carboxylic acids is 1. The molecule has 0 radical (unpaired) electrons. The van der Waals surface area contributed by atoms with Crippen LogP contribution >= 0.6 is 0 Å².